The number of hydrogen-bond acceptors (Lipinski definition) is 5. The van der Waals surface area contributed by atoms with E-state index in [0.717, 1.165) is 68.1 Å². The topological polar surface area (TPSA) is 84.7 Å². The molecular weight excluding hydrogens is 486 g/mol. The largest absolute Gasteiger partial charge is 0.496 e. The summed E-state index contributed by atoms with van der Waals surface area (Å²) >= 11 is 6.09. The zero-order valence-corrected chi connectivity index (χ0v) is 22.2. The van der Waals surface area contributed by atoms with Crippen LogP contribution in [0.15, 0.2) is 54.6 Å². The summed E-state index contributed by atoms with van der Waals surface area (Å²) in [6, 6.07) is 17.2. The van der Waals surface area contributed by atoms with Crippen LogP contribution < -0.4 is 15.8 Å². The molecule has 1 aliphatic heterocycles. The highest BCUT2D eigenvalue weighted by molar-refractivity contribution is 6.33. The number of unbranched alkanes of at least 4 members (excludes halogenated alkanes) is 2. The smallest absolute Gasteiger partial charge is 0.255 e. The number of benzene rings is 3. The average Bonchev–Trinajstić information content (AvgIpc) is 2.93. The Morgan fingerprint density at radius 1 is 1.03 bits per heavy atom. The molecule has 1 heterocycles. The van der Waals surface area contributed by atoms with Gasteiger partial charge in [-0.05, 0) is 68.1 Å². The number of carbonyl (C=O) groups excluding carboxylic acids is 2. The molecule has 0 unspecified atom stereocenters. The molecule has 0 aliphatic carbocycles. The standard InChI is InChI=1S/C30H36ClN3O3/c1-37-29-19-27(32)26(31)18-25(29)30(36)33-20-21-13-16-34(17-14-21)15-6-2-3-12-28(35)24-11-7-9-22-8-4-5-10-23(22)24/h4-5,7-11,18-19,21H,2-3,6,12-17,20,32H2,1H3,(H,33,36). The minimum atomic E-state index is -0.195. The summed E-state index contributed by atoms with van der Waals surface area (Å²) < 4.78 is 5.29. The monoisotopic (exact) mass is 521 g/mol. The van der Waals surface area contributed by atoms with Crippen LogP contribution in [0.2, 0.25) is 5.02 Å². The lowest BCUT2D eigenvalue weighted by Gasteiger charge is -2.32. The van der Waals surface area contributed by atoms with Crippen molar-refractivity contribution in [2.45, 2.75) is 38.5 Å². The van der Waals surface area contributed by atoms with Crippen LogP contribution in [-0.2, 0) is 0 Å². The maximum Gasteiger partial charge on any atom is 0.255 e. The van der Waals surface area contributed by atoms with Gasteiger partial charge in [0.15, 0.2) is 5.78 Å². The van der Waals surface area contributed by atoms with Gasteiger partial charge in [0, 0.05) is 24.6 Å². The molecule has 0 bridgehead atoms. The van der Waals surface area contributed by atoms with Gasteiger partial charge in [-0.15, -0.1) is 0 Å². The first-order valence-electron chi connectivity index (χ1n) is 13.1. The van der Waals surface area contributed by atoms with Gasteiger partial charge in [0.25, 0.3) is 5.91 Å². The van der Waals surface area contributed by atoms with Gasteiger partial charge in [-0.1, -0.05) is 60.5 Å². The second-order valence-electron chi connectivity index (χ2n) is 9.83. The van der Waals surface area contributed by atoms with Gasteiger partial charge in [-0.25, -0.2) is 0 Å². The second kappa shape index (κ2) is 12.9. The van der Waals surface area contributed by atoms with Gasteiger partial charge < -0.3 is 20.7 Å². The van der Waals surface area contributed by atoms with Crippen molar-refractivity contribution in [2.24, 2.45) is 5.92 Å². The Morgan fingerprint density at radius 3 is 2.57 bits per heavy atom. The number of nitrogens with zero attached hydrogens (tertiary/aromatic N) is 1. The quantitative estimate of drug-likeness (QED) is 0.184. The van der Waals surface area contributed by atoms with Crippen molar-refractivity contribution in [1.82, 2.24) is 10.2 Å². The van der Waals surface area contributed by atoms with Crippen LogP contribution in [0.1, 0.15) is 59.2 Å². The molecule has 0 radical (unpaired) electrons. The van der Waals surface area contributed by atoms with E-state index in [0.29, 0.717) is 40.9 Å². The lowest BCUT2D eigenvalue weighted by Crippen LogP contribution is -2.39. The third-order valence-corrected chi connectivity index (χ3v) is 7.62. The number of Topliss-reactive ketones (excluding diaryl/α,β-unsaturated/α-hetero) is 1. The van der Waals surface area contributed by atoms with Gasteiger partial charge >= 0.3 is 0 Å². The zero-order chi connectivity index (χ0) is 26.2. The molecule has 1 amide bonds. The molecule has 0 spiro atoms. The number of nitrogens with one attached hydrogen (secondary N) is 1. The molecule has 6 nitrogen and oxygen atoms in total. The highest BCUT2D eigenvalue weighted by Gasteiger charge is 2.21. The number of fused-ring (bicyclic) bond motifs is 1. The Kier molecular flexibility index (Phi) is 9.42. The van der Waals surface area contributed by atoms with E-state index in [1.54, 1.807) is 12.1 Å². The summed E-state index contributed by atoms with van der Waals surface area (Å²) in [4.78, 5) is 27.9. The lowest BCUT2D eigenvalue weighted by molar-refractivity contribution is 0.0932. The summed E-state index contributed by atoms with van der Waals surface area (Å²) in [6.07, 6.45) is 5.78. The fourth-order valence-corrected chi connectivity index (χ4v) is 5.23. The van der Waals surface area contributed by atoms with E-state index in [-0.39, 0.29) is 11.7 Å². The lowest BCUT2D eigenvalue weighted by atomic mass is 9.96. The highest BCUT2D eigenvalue weighted by atomic mass is 35.5. The molecule has 1 saturated heterocycles. The number of nitrogen functional groups attached to an aromatic ring is 1. The zero-order valence-electron chi connectivity index (χ0n) is 21.5. The number of carbonyl (C=O) groups is 2. The van der Waals surface area contributed by atoms with E-state index in [2.05, 4.69) is 22.3 Å². The van der Waals surface area contributed by atoms with E-state index in [9.17, 15) is 9.59 Å². The molecule has 3 aromatic rings. The van der Waals surface area contributed by atoms with E-state index in [4.69, 9.17) is 22.1 Å². The molecule has 4 rings (SSSR count). The van der Waals surface area contributed by atoms with Crippen LogP contribution in [0.25, 0.3) is 10.8 Å². The first kappa shape index (κ1) is 27.0. The van der Waals surface area contributed by atoms with Crippen LogP contribution >= 0.6 is 11.6 Å². The molecular formula is C30H36ClN3O3. The van der Waals surface area contributed by atoms with Crippen LogP contribution in [0, 0.1) is 5.92 Å². The Balaban J connectivity index is 1.13. The SMILES string of the molecule is COc1cc(N)c(Cl)cc1C(=O)NCC1CCN(CCCCCC(=O)c2cccc3ccccc23)CC1. The molecule has 7 heteroatoms. The number of ether oxygens (including phenoxy) is 1. The van der Waals surface area contributed by atoms with Crippen LogP contribution in [0.3, 0.4) is 0 Å². The minimum absolute atomic E-state index is 0.195. The molecule has 0 atom stereocenters. The Bertz CT molecular complexity index is 1230. The summed E-state index contributed by atoms with van der Waals surface area (Å²) in [5, 5.41) is 5.54. The van der Waals surface area contributed by atoms with Crippen molar-refractivity contribution in [3.63, 3.8) is 0 Å². The van der Waals surface area contributed by atoms with Gasteiger partial charge in [0.2, 0.25) is 0 Å². The molecule has 196 valence electrons. The number of likely N-dealkylation sites (tertiary alicyclic amines) is 1. The van der Waals surface area contributed by atoms with Gasteiger partial charge in [-0.2, -0.15) is 0 Å². The first-order valence-corrected chi connectivity index (χ1v) is 13.5. The predicted molar refractivity (Wildman–Crippen MR) is 151 cm³/mol. The minimum Gasteiger partial charge on any atom is -0.496 e. The van der Waals surface area contributed by atoms with Crippen molar-refractivity contribution in [2.75, 3.05) is 39.0 Å². The number of methoxy groups -OCH3 is 1. The fourth-order valence-electron chi connectivity index (χ4n) is 5.06. The number of piperidine rings is 1. The molecule has 1 aliphatic rings. The van der Waals surface area contributed by atoms with Crippen molar-refractivity contribution >= 4 is 39.8 Å². The third-order valence-electron chi connectivity index (χ3n) is 7.29. The number of anilines is 1. The third kappa shape index (κ3) is 7.02. The van der Waals surface area contributed by atoms with E-state index in [1.165, 1.54) is 7.11 Å². The highest BCUT2D eigenvalue weighted by Crippen LogP contribution is 2.29. The van der Waals surface area contributed by atoms with E-state index in [1.807, 2.05) is 30.3 Å². The molecule has 0 saturated carbocycles. The molecule has 0 aromatic heterocycles. The molecule has 3 aromatic carbocycles. The van der Waals surface area contributed by atoms with Gasteiger partial charge in [0.05, 0.1) is 23.4 Å². The number of nitrogens with two attached hydrogens (primary N) is 1. The Morgan fingerprint density at radius 2 is 1.78 bits per heavy atom. The normalized spacial score (nSPS) is 14.5. The Hall–Kier alpha value is -3.09. The average molecular weight is 522 g/mol. The Labute approximate surface area is 224 Å². The molecule has 1 fully saturated rings. The van der Waals surface area contributed by atoms with Crippen molar-refractivity contribution in [3.8, 4) is 5.75 Å². The fraction of sp³-hybridized carbons (Fsp3) is 0.400. The number of rotatable bonds is 11. The first-order chi connectivity index (χ1) is 18.0. The number of ketones is 1. The predicted octanol–water partition coefficient (Wildman–Crippen LogP) is 5.97. The maximum atomic E-state index is 12.8. The summed E-state index contributed by atoms with van der Waals surface area (Å²) in [5.41, 5.74) is 7.44. The molecule has 3 N–H and O–H groups in total. The summed E-state index contributed by atoms with van der Waals surface area (Å²) in [6.45, 7) is 3.76. The summed E-state index contributed by atoms with van der Waals surface area (Å²) in [7, 11) is 1.51. The number of halogens is 1. The summed E-state index contributed by atoms with van der Waals surface area (Å²) in [5.74, 6) is 0.916. The van der Waals surface area contributed by atoms with Crippen molar-refractivity contribution in [3.05, 3.63) is 70.7 Å². The van der Waals surface area contributed by atoms with E-state index < -0.39 is 0 Å². The van der Waals surface area contributed by atoms with Crippen LogP contribution in [0.5, 0.6) is 5.75 Å². The van der Waals surface area contributed by atoms with Crippen LogP contribution in [-0.4, -0.2) is 49.9 Å². The van der Waals surface area contributed by atoms with Gasteiger partial charge in [-0.3, -0.25) is 9.59 Å². The number of amides is 1. The van der Waals surface area contributed by atoms with Crippen molar-refractivity contribution < 1.29 is 14.3 Å². The van der Waals surface area contributed by atoms with Crippen LogP contribution in [0.4, 0.5) is 5.69 Å². The second-order valence-corrected chi connectivity index (χ2v) is 10.2. The molecule has 37 heavy (non-hydrogen) atoms. The van der Waals surface area contributed by atoms with E-state index >= 15 is 0 Å². The number of hydrogen-bond donors (Lipinski definition) is 2. The van der Waals surface area contributed by atoms with Crippen molar-refractivity contribution in [1.29, 1.82) is 0 Å². The van der Waals surface area contributed by atoms with Gasteiger partial charge in [0.1, 0.15) is 5.75 Å². The maximum absolute atomic E-state index is 12.8.